The van der Waals surface area contributed by atoms with E-state index in [-0.39, 0.29) is 26.2 Å². The average Bonchev–Trinajstić information content (AvgIpc) is 2.95. The van der Waals surface area contributed by atoms with E-state index in [9.17, 15) is 34.0 Å². The highest BCUT2D eigenvalue weighted by atomic mass is 19.3. The highest BCUT2D eigenvalue weighted by Crippen LogP contribution is 2.32. The lowest BCUT2D eigenvalue weighted by molar-refractivity contribution is -0.304. The van der Waals surface area contributed by atoms with Gasteiger partial charge in [-0.25, -0.2) is 8.78 Å². The number of carbonyl (C=O) groups is 1. The Balaban J connectivity index is 1.82. The first-order chi connectivity index (χ1) is 20.2. The van der Waals surface area contributed by atoms with Crippen LogP contribution in [0.1, 0.15) is 19.8 Å². The summed E-state index contributed by atoms with van der Waals surface area (Å²) in [7, 11) is 1.50. The summed E-state index contributed by atoms with van der Waals surface area (Å²) in [5, 5.41) is 59.8. The number of hydrogen-bond acceptors (Lipinski definition) is 15. The zero-order chi connectivity index (χ0) is 32.1. The van der Waals surface area contributed by atoms with E-state index in [0.29, 0.717) is 18.7 Å². The maximum absolute atomic E-state index is 14.0. The molecule has 1 saturated heterocycles. The highest BCUT2D eigenvalue weighted by Gasteiger charge is 2.52. The van der Waals surface area contributed by atoms with Gasteiger partial charge in [0.25, 0.3) is 11.8 Å². The number of amides is 1. The van der Waals surface area contributed by atoms with Crippen LogP contribution in [0.2, 0.25) is 0 Å². The normalized spacial score (nSPS) is 39.5. The van der Waals surface area contributed by atoms with Crippen LogP contribution in [0.5, 0.6) is 0 Å². The maximum atomic E-state index is 14.0. The molecule has 0 aromatic rings. The maximum Gasteiger partial charge on any atom is 0.294 e. The van der Waals surface area contributed by atoms with Crippen molar-refractivity contribution in [2.45, 2.75) is 98.6 Å². The third-order valence-corrected chi connectivity index (χ3v) is 7.81. The molecule has 1 amide bonds. The van der Waals surface area contributed by atoms with E-state index in [4.69, 9.17) is 41.3 Å². The number of alkyl halides is 2. The smallest absolute Gasteiger partial charge is 0.294 e. The minimum atomic E-state index is -3.94. The van der Waals surface area contributed by atoms with Crippen LogP contribution in [-0.2, 0) is 23.7 Å². The summed E-state index contributed by atoms with van der Waals surface area (Å²) in [4.78, 5) is 12.6. The van der Waals surface area contributed by atoms with Crippen molar-refractivity contribution < 1.29 is 58.1 Å². The number of carbonyl (C=O) groups excluding carboxylic acids is 1. The molecule has 2 fully saturated rings. The fourth-order valence-corrected chi connectivity index (χ4v) is 5.37. The number of rotatable bonds is 13. The topological polar surface area (TPSA) is 269 Å². The van der Waals surface area contributed by atoms with E-state index in [2.05, 4.69) is 16.0 Å². The standard InChI is InChI=1S/C25H46F2N6O10/c1-24(39)10-40-23(16(36)19(24)31-2)43-18-14(33-21(38)20(37)25(26,27)9-28)7-13(30)17(15(18)35)42-22-12(29)4-3-11(41-22)8-32-5-6-34/h3,12-20,22-23,31-32,34-37,39H,4-10,28-30H2,1-2H3,(H,33,38). The Bertz CT molecular complexity index is 952. The van der Waals surface area contributed by atoms with Crippen LogP contribution in [0.3, 0.4) is 0 Å². The van der Waals surface area contributed by atoms with Gasteiger partial charge in [-0.3, -0.25) is 4.79 Å². The van der Waals surface area contributed by atoms with Crippen molar-refractivity contribution in [2.75, 3.05) is 39.9 Å². The number of aliphatic hydroxyl groups excluding tert-OH is 4. The lowest BCUT2D eigenvalue weighted by Crippen LogP contribution is -2.69. The Labute approximate surface area is 247 Å². The number of nitrogens with one attached hydrogen (secondary N) is 3. The first-order valence-electron chi connectivity index (χ1n) is 14.1. The Morgan fingerprint density at radius 1 is 1.21 bits per heavy atom. The lowest BCUT2D eigenvalue weighted by Gasteiger charge is -2.49. The molecule has 1 saturated carbocycles. The van der Waals surface area contributed by atoms with E-state index < -0.39 is 91.2 Å². The molecule has 18 heteroatoms. The number of aliphatic hydroxyl groups is 5. The molecule has 16 nitrogen and oxygen atoms in total. The first kappa shape index (κ1) is 35.8. The van der Waals surface area contributed by atoms with Crippen molar-refractivity contribution in [2.24, 2.45) is 17.2 Å². The summed E-state index contributed by atoms with van der Waals surface area (Å²) in [6.45, 7) is 0.360. The van der Waals surface area contributed by atoms with E-state index in [1.54, 1.807) is 6.08 Å². The van der Waals surface area contributed by atoms with Crippen LogP contribution in [0.4, 0.5) is 8.78 Å². The van der Waals surface area contributed by atoms with Crippen molar-refractivity contribution in [1.29, 1.82) is 0 Å². The number of likely N-dealkylation sites (N-methyl/N-ethyl adjacent to an activating group) is 1. The molecule has 0 spiro atoms. The predicted molar refractivity (Wildman–Crippen MR) is 145 cm³/mol. The highest BCUT2D eigenvalue weighted by molar-refractivity contribution is 5.82. The van der Waals surface area contributed by atoms with E-state index in [1.807, 2.05) is 0 Å². The first-order valence-corrected chi connectivity index (χ1v) is 14.1. The molecular weight excluding hydrogens is 582 g/mol. The van der Waals surface area contributed by atoms with Gasteiger partial charge in [0.2, 0.25) is 6.29 Å². The van der Waals surface area contributed by atoms with Crippen molar-refractivity contribution >= 4 is 5.91 Å². The summed E-state index contributed by atoms with van der Waals surface area (Å²) in [5.41, 5.74) is 16.0. The van der Waals surface area contributed by atoms with Gasteiger partial charge in [-0.2, -0.15) is 0 Å². The monoisotopic (exact) mass is 628 g/mol. The summed E-state index contributed by atoms with van der Waals surface area (Å²) in [6, 6.07) is -3.88. The molecule has 0 aromatic heterocycles. The molecule has 0 radical (unpaired) electrons. The molecule has 1 aliphatic carbocycles. The molecule has 250 valence electrons. The van der Waals surface area contributed by atoms with Crippen LogP contribution < -0.4 is 33.2 Å². The van der Waals surface area contributed by atoms with Gasteiger partial charge < -0.3 is 77.6 Å². The van der Waals surface area contributed by atoms with Crippen LogP contribution in [0.15, 0.2) is 11.8 Å². The number of hydrogen-bond donors (Lipinski definition) is 11. The molecular formula is C25H46F2N6O10. The zero-order valence-corrected chi connectivity index (χ0v) is 24.1. The van der Waals surface area contributed by atoms with Crippen molar-refractivity contribution in [3.8, 4) is 0 Å². The van der Waals surface area contributed by atoms with Crippen molar-refractivity contribution in [3.05, 3.63) is 11.8 Å². The molecule has 0 aromatic carbocycles. The molecule has 0 bridgehead atoms. The molecule has 3 aliphatic rings. The Morgan fingerprint density at radius 3 is 2.51 bits per heavy atom. The van der Waals surface area contributed by atoms with Crippen molar-refractivity contribution in [3.63, 3.8) is 0 Å². The van der Waals surface area contributed by atoms with Crippen LogP contribution in [0.25, 0.3) is 0 Å². The van der Waals surface area contributed by atoms with Gasteiger partial charge in [-0.05, 0) is 32.9 Å². The van der Waals surface area contributed by atoms with Gasteiger partial charge >= 0.3 is 0 Å². The SMILES string of the molecule is CNC1C(O)C(OC2C(NC(=O)C(O)C(F)(F)CN)CC(N)C(OC3OC(CNCCO)=CCC3N)C2O)OCC1(C)O. The molecule has 12 atom stereocenters. The third kappa shape index (κ3) is 8.54. The van der Waals surface area contributed by atoms with Gasteiger partial charge in [-0.15, -0.1) is 0 Å². The van der Waals surface area contributed by atoms with Gasteiger partial charge in [0, 0.05) is 12.6 Å². The second-order valence-corrected chi connectivity index (χ2v) is 11.3. The number of ether oxygens (including phenoxy) is 4. The molecule has 43 heavy (non-hydrogen) atoms. The lowest BCUT2D eigenvalue weighted by atomic mass is 9.83. The second-order valence-electron chi connectivity index (χ2n) is 11.3. The van der Waals surface area contributed by atoms with Crippen LogP contribution in [-0.4, -0.2) is 150 Å². The van der Waals surface area contributed by atoms with E-state index >= 15 is 0 Å². The van der Waals surface area contributed by atoms with Crippen LogP contribution in [0, 0.1) is 0 Å². The quantitative estimate of drug-likeness (QED) is 0.0852. The summed E-state index contributed by atoms with van der Waals surface area (Å²) < 4.78 is 51.3. The summed E-state index contributed by atoms with van der Waals surface area (Å²) in [6.07, 6.45) is -9.26. The third-order valence-electron chi connectivity index (χ3n) is 7.81. The molecule has 2 aliphatic heterocycles. The van der Waals surface area contributed by atoms with E-state index in [1.165, 1.54) is 14.0 Å². The van der Waals surface area contributed by atoms with Gasteiger partial charge in [0.1, 0.15) is 35.8 Å². The largest absolute Gasteiger partial charge is 0.467 e. The van der Waals surface area contributed by atoms with Crippen molar-refractivity contribution in [1.82, 2.24) is 16.0 Å². The fraction of sp³-hybridized carbons (Fsp3) is 0.880. The average molecular weight is 629 g/mol. The molecule has 3 rings (SSSR count). The summed E-state index contributed by atoms with van der Waals surface area (Å²) >= 11 is 0. The van der Waals surface area contributed by atoms with Gasteiger partial charge in [0.05, 0.1) is 44.4 Å². The second kappa shape index (κ2) is 15.1. The zero-order valence-electron chi connectivity index (χ0n) is 24.1. The number of nitrogens with two attached hydrogens (primary N) is 3. The summed E-state index contributed by atoms with van der Waals surface area (Å²) in [5.74, 6) is -4.95. The minimum Gasteiger partial charge on any atom is -0.467 e. The predicted octanol–water partition coefficient (Wildman–Crippen LogP) is -5.12. The Morgan fingerprint density at radius 2 is 1.88 bits per heavy atom. The fourth-order valence-electron chi connectivity index (χ4n) is 5.37. The van der Waals surface area contributed by atoms with Crippen LogP contribution >= 0.6 is 0 Å². The van der Waals surface area contributed by atoms with E-state index in [0.717, 1.165) is 0 Å². The molecule has 12 unspecified atom stereocenters. The Kier molecular flexibility index (Phi) is 12.6. The van der Waals surface area contributed by atoms with Gasteiger partial charge in [-0.1, -0.05) is 0 Å². The molecule has 14 N–H and O–H groups in total. The minimum absolute atomic E-state index is 0.0815. The van der Waals surface area contributed by atoms with Gasteiger partial charge in [0.15, 0.2) is 12.4 Å². The Hall–Kier alpha value is -1.65. The number of halogens is 2. The molecule has 2 heterocycles.